The summed E-state index contributed by atoms with van der Waals surface area (Å²) in [6.45, 7) is 3.56. The van der Waals surface area contributed by atoms with Crippen molar-refractivity contribution in [1.82, 2.24) is 5.32 Å². The summed E-state index contributed by atoms with van der Waals surface area (Å²) in [5.41, 5.74) is 0.954. The third-order valence-corrected chi connectivity index (χ3v) is 2.36. The third kappa shape index (κ3) is 6.23. The molecular weight excluding hydrogens is 269 g/mol. The fourth-order valence-corrected chi connectivity index (χ4v) is 1.55. The molecule has 0 aliphatic rings. The summed E-state index contributed by atoms with van der Waals surface area (Å²) in [7, 11) is 0. The van der Waals surface area contributed by atoms with Crippen molar-refractivity contribution < 1.29 is 49.0 Å². The van der Waals surface area contributed by atoms with Gasteiger partial charge in [-0.05, 0) is 19.4 Å². The Morgan fingerprint density at radius 2 is 1.95 bits per heavy atom. The van der Waals surface area contributed by atoms with Gasteiger partial charge >= 0.3 is 35.5 Å². The van der Waals surface area contributed by atoms with E-state index in [-0.39, 0.29) is 36.2 Å². The molecule has 0 fully saturated rings. The first kappa shape index (κ1) is 18.7. The molecule has 1 N–H and O–H groups in total. The first-order chi connectivity index (χ1) is 9.04. The molecule has 1 rings (SSSR count). The van der Waals surface area contributed by atoms with E-state index in [1.54, 1.807) is 44.2 Å². The van der Waals surface area contributed by atoms with E-state index in [1.165, 1.54) is 6.08 Å². The monoisotopic (exact) mass is 285 g/mol. The zero-order valence-corrected chi connectivity index (χ0v) is 13.9. The van der Waals surface area contributed by atoms with Gasteiger partial charge in [0.05, 0.1) is 18.6 Å². The van der Waals surface area contributed by atoms with E-state index in [9.17, 15) is 14.7 Å². The number of allylic oxidation sites excluding steroid dienone is 1. The molecule has 0 unspecified atom stereocenters. The number of carboxylic acids is 1. The number of nitrogens with one attached hydrogen (secondary N) is 1. The van der Waals surface area contributed by atoms with E-state index < -0.39 is 18.0 Å². The first-order valence-electron chi connectivity index (χ1n) is 5.92. The fraction of sp³-hybridized carbons (Fsp3) is 0.286. The summed E-state index contributed by atoms with van der Waals surface area (Å²) in [5, 5.41) is 13.9. The van der Waals surface area contributed by atoms with Gasteiger partial charge in [0.1, 0.15) is 0 Å². The molecule has 20 heavy (non-hydrogen) atoms. The maximum atomic E-state index is 11.2. The molecule has 0 radical (unpaired) electrons. The summed E-state index contributed by atoms with van der Waals surface area (Å²) in [6.07, 6.45) is 1.21. The van der Waals surface area contributed by atoms with E-state index in [0.29, 0.717) is 11.3 Å². The van der Waals surface area contributed by atoms with Crippen molar-refractivity contribution in [1.29, 1.82) is 0 Å². The van der Waals surface area contributed by atoms with E-state index in [0.717, 1.165) is 0 Å². The smallest absolute Gasteiger partial charge is 0.548 e. The number of rotatable bonds is 6. The topological polar surface area (TPSA) is 78.5 Å². The van der Waals surface area contributed by atoms with Crippen LogP contribution in [0.1, 0.15) is 25.5 Å². The Morgan fingerprint density at radius 1 is 1.35 bits per heavy atom. The zero-order chi connectivity index (χ0) is 14.3. The van der Waals surface area contributed by atoms with Crippen LogP contribution in [0.5, 0.6) is 0 Å². The Balaban J connectivity index is 0.00000361. The van der Waals surface area contributed by atoms with Gasteiger partial charge in [-0.2, -0.15) is 0 Å². The number of hydrogen-bond acceptors (Lipinski definition) is 5. The second kappa shape index (κ2) is 9.58. The number of ether oxygens (including phenoxy) is 1. The predicted molar refractivity (Wildman–Crippen MR) is 67.7 cm³/mol. The molecule has 0 saturated carbocycles. The van der Waals surface area contributed by atoms with Gasteiger partial charge in [0, 0.05) is 11.8 Å². The van der Waals surface area contributed by atoms with Crippen LogP contribution in [0.25, 0.3) is 0 Å². The molecule has 0 heterocycles. The van der Waals surface area contributed by atoms with Crippen LogP contribution in [0.3, 0.4) is 0 Å². The minimum absolute atomic E-state index is 0. The minimum atomic E-state index is -1.26. The van der Waals surface area contributed by atoms with Crippen molar-refractivity contribution >= 4 is 11.9 Å². The molecule has 0 saturated heterocycles. The van der Waals surface area contributed by atoms with Gasteiger partial charge in [-0.1, -0.05) is 30.3 Å². The number of esters is 1. The average molecular weight is 285 g/mol. The Bertz CT molecular complexity index is 473. The van der Waals surface area contributed by atoms with Crippen molar-refractivity contribution in [3.63, 3.8) is 0 Å². The van der Waals surface area contributed by atoms with Gasteiger partial charge in [-0.15, -0.1) is 0 Å². The molecule has 0 aliphatic heterocycles. The van der Waals surface area contributed by atoms with Gasteiger partial charge in [0.15, 0.2) is 0 Å². The number of hydrogen-bond donors (Lipinski definition) is 1. The molecule has 0 spiro atoms. The molecule has 1 aromatic rings. The van der Waals surface area contributed by atoms with Crippen LogP contribution in [0.15, 0.2) is 42.1 Å². The molecule has 0 bridgehead atoms. The number of carbonyl (C=O) groups excluding carboxylic acids is 2. The van der Waals surface area contributed by atoms with Crippen molar-refractivity contribution in [3.8, 4) is 0 Å². The average Bonchev–Trinajstić information content (AvgIpc) is 2.37. The molecule has 0 aliphatic carbocycles. The molecule has 0 aromatic heterocycles. The van der Waals surface area contributed by atoms with Crippen LogP contribution in [-0.2, 0) is 14.3 Å². The second-order valence-electron chi connectivity index (χ2n) is 3.89. The third-order valence-electron chi connectivity index (χ3n) is 2.36. The van der Waals surface area contributed by atoms with Crippen molar-refractivity contribution in [2.45, 2.75) is 19.9 Å². The maximum Gasteiger partial charge on any atom is 1.00 e. The molecule has 5 nitrogen and oxygen atoms in total. The van der Waals surface area contributed by atoms with Crippen molar-refractivity contribution in [3.05, 3.63) is 47.7 Å². The molecular formula is C14H16NNaO4. The fourth-order valence-electron chi connectivity index (χ4n) is 1.55. The summed E-state index contributed by atoms with van der Waals surface area (Å²) >= 11 is 0. The van der Waals surface area contributed by atoms with Gasteiger partial charge in [0.2, 0.25) is 0 Å². The van der Waals surface area contributed by atoms with E-state index >= 15 is 0 Å². The minimum Gasteiger partial charge on any atom is -0.548 e. The molecule has 6 heteroatoms. The van der Waals surface area contributed by atoms with Gasteiger partial charge < -0.3 is 20.0 Å². The summed E-state index contributed by atoms with van der Waals surface area (Å²) in [5.74, 6) is -1.78. The van der Waals surface area contributed by atoms with E-state index in [1.807, 2.05) is 0 Å². The Morgan fingerprint density at radius 3 is 2.45 bits per heavy atom. The normalized spacial score (nSPS) is 12.0. The van der Waals surface area contributed by atoms with E-state index in [2.05, 4.69) is 5.32 Å². The summed E-state index contributed by atoms with van der Waals surface area (Å²) < 4.78 is 4.74. The molecule has 1 aromatic carbocycles. The van der Waals surface area contributed by atoms with Crippen LogP contribution in [-0.4, -0.2) is 18.5 Å². The Kier molecular flexibility index (Phi) is 8.96. The Labute approximate surface area is 140 Å². The van der Waals surface area contributed by atoms with Crippen LogP contribution in [0, 0.1) is 0 Å². The zero-order valence-electron chi connectivity index (χ0n) is 11.9. The van der Waals surface area contributed by atoms with Gasteiger partial charge in [-0.25, -0.2) is 4.79 Å². The van der Waals surface area contributed by atoms with Gasteiger partial charge in [0.25, 0.3) is 0 Å². The van der Waals surface area contributed by atoms with E-state index in [4.69, 9.17) is 4.74 Å². The molecule has 0 amide bonds. The van der Waals surface area contributed by atoms with Crippen LogP contribution in [0.4, 0.5) is 0 Å². The van der Waals surface area contributed by atoms with Crippen LogP contribution >= 0.6 is 0 Å². The van der Waals surface area contributed by atoms with Crippen LogP contribution in [0.2, 0.25) is 0 Å². The first-order valence-corrected chi connectivity index (χ1v) is 5.92. The quantitative estimate of drug-likeness (QED) is 0.356. The molecule has 1 atom stereocenters. The summed E-state index contributed by atoms with van der Waals surface area (Å²) in [6, 6.07) is 7.59. The summed E-state index contributed by atoms with van der Waals surface area (Å²) in [4.78, 5) is 22.4. The number of carbonyl (C=O) groups is 2. The number of benzene rings is 1. The molecule has 102 valence electrons. The number of carboxylic acid groups (broad SMARTS) is 1. The largest absolute Gasteiger partial charge is 1.00 e. The Hall–Kier alpha value is -1.30. The van der Waals surface area contributed by atoms with Gasteiger partial charge in [-0.3, -0.25) is 0 Å². The van der Waals surface area contributed by atoms with Crippen LogP contribution < -0.4 is 40.0 Å². The SMILES string of the molecule is CCOC(=O)/C=C(\C)N[C@@H](C(=O)[O-])c1ccccc1.[Na+]. The maximum absolute atomic E-state index is 11.2. The predicted octanol–water partition coefficient (Wildman–Crippen LogP) is -2.46. The number of aliphatic carboxylic acids is 1. The second-order valence-corrected chi connectivity index (χ2v) is 3.89. The van der Waals surface area contributed by atoms with Crippen molar-refractivity contribution in [2.24, 2.45) is 0 Å². The van der Waals surface area contributed by atoms with Crippen molar-refractivity contribution in [2.75, 3.05) is 6.61 Å². The standard InChI is InChI=1S/C14H17NO4.Na/c1-3-19-12(16)9-10(2)15-13(14(17)18)11-7-5-4-6-8-11;/h4-9,13,15H,3H2,1-2H3,(H,17,18);/q;+1/p-1/b10-9+;/t13-;/m1./s1.